The second kappa shape index (κ2) is 11.8. The van der Waals surface area contributed by atoms with Gasteiger partial charge >= 0.3 is 0 Å². The van der Waals surface area contributed by atoms with Crippen molar-refractivity contribution < 1.29 is 23.9 Å². The molecule has 3 aromatic carbocycles. The number of imide groups is 1. The molecule has 5 aromatic rings. The second-order valence-electron chi connectivity index (χ2n) is 9.61. The molecule has 2 atom stereocenters. The van der Waals surface area contributed by atoms with Crippen molar-refractivity contribution in [3.05, 3.63) is 108 Å². The minimum absolute atomic E-state index is 0.213. The minimum Gasteiger partial charge on any atom is -0.483 e. The van der Waals surface area contributed by atoms with Gasteiger partial charge in [-0.15, -0.1) is 0 Å². The smallest absolute Gasteiger partial charge is 0.286 e. The Hall–Kier alpha value is -5.16. The first-order valence-corrected chi connectivity index (χ1v) is 14.0. The summed E-state index contributed by atoms with van der Waals surface area (Å²) < 4.78 is 12.1. The maximum Gasteiger partial charge on any atom is 0.286 e. The van der Waals surface area contributed by atoms with E-state index in [1.807, 2.05) is 49.4 Å². The maximum absolute atomic E-state index is 12.3. The highest BCUT2D eigenvalue weighted by Gasteiger charge is 2.31. The Bertz CT molecular complexity index is 1760. The van der Waals surface area contributed by atoms with Crippen LogP contribution < -0.4 is 20.1 Å². The lowest BCUT2D eigenvalue weighted by molar-refractivity contribution is -0.118. The highest BCUT2D eigenvalue weighted by Crippen LogP contribution is 2.29. The third-order valence-corrected chi connectivity index (χ3v) is 7.55. The lowest BCUT2D eigenvalue weighted by atomic mass is 10.1. The molecular formula is C31H25N5O5S. The summed E-state index contributed by atoms with van der Waals surface area (Å²) in [7, 11) is 0. The number of anilines is 1. The molecule has 1 aliphatic heterocycles. The fourth-order valence-corrected chi connectivity index (χ4v) is 5.28. The van der Waals surface area contributed by atoms with Gasteiger partial charge < -0.3 is 19.8 Å². The van der Waals surface area contributed by atoms with Crippen LogP contribution in [0.1, 0.15) is 34.8 Å². The van der Waals surface area contributed by atoms with Crippen LogP contribution in [0.15, 0.2) is 91.3 Å². The van der Waals surface area contributed by atoms with Crippen molar-refractivity contribution in [2.24, 2.45) is 0 Å². The SMILES string of the molecule is CC(Oc1ccc(CC2SC(=O)NC2=O)cc1)c1nc2ccc(Oc3ccc(NC(=O)c4ccncc4)cc3)cc2[nH]1. The van der Waals surface area contributed by atoms with Crippen LogP contribution in [-0.2, 0) is 11.2 Å². The summed E-state index contributed by atoms with van der Waals surface area (Å²) in [6.45, 7) is 1.91. The van der Waals surface area contributed by atoms with Crippen LogP contribution in [0.3, 0.4) is 0 Å². The number of carbonyl (C=O) groups excluding carboxylic acids is 3. The van der Waals surface area contributed by atoms with Crippen LogP contribution in [-0.4, -0.2) is 37.3 Å². The molecule has 2 aromatic heterocycles. The Balaban J connectivity index is 1.06. The van der Waals surface area contributed by atoms with E-state index >= 15 is 0 Å². The largest absolute Gasteiger partial charge is 0.483 e. The van der Waals surface area contributed by atoms with E-state index < -0.39 is 5.25 Å². The summed E-state index contributed by atoms with van der Waals surface area (Å²) in [6.07, 6.45) is 3.27. The standard InChI is InChI=1S/C31H25N5O5S/c1-18(40-22-6-2-19(3-7-22)16-27-30(38)36-31(39)42-27)28-34-25-11-10-24(17-26(25)35-28)41-23-8-4-21(5-9-23)33-29(37)20-12-14-32-15-13-20/h2-15,17-18,27H,16H2,1H3,(H,33,37)(H,34,35)(H,36,38,39). The summed E-state index contributed by atoms with van der Waals surface area (Å²) in [5.41, 5.74) is 3.70. The van der Waals surface area contributed by atoms with E-state index in [9.17, 15) is 14.4 Å². The molecule has 0 aliphatic carbocycles. The third kappa shape index (κ3) is 6.26. The van der Waals surface area contributed by atoms with Gasteiger partial charge in [0.2, 0.25) is 5.91 Å². The number of fused-ring (bicyclic) bond motifs is 1. The molecule has 0 saturated carbocycles. The van der Waals surface area contributed by atoms with Crippen LogP contribution in [0.25, 0.3) is 11.0 Å². The second-order valence-corrected chi connectivity index (χ2v) is 10.8. The number of benzene rings is 3. The first-order valence-electron chi connectivity index (χ1n) is 13.2. The molecule has 0 radical (unpaired) electrons. The molecule has 1 fully saturated rings. The van der Waals surface area contributed by atoms with Crippen LogP contribution in [0.4, 0.5) is 10.5 Å². The number of hydrogen-bond acceptors (Lipinski definition) is 8. The van der Waals surface area contributed by atoms with Crippen LogP contribution in [0, 0.1) is 0 Å². The zero-order valence-corrected chi connectivity index (χ0v) is 23.2. The summed E-state index contributed by atoms with van der Waals surface area (Å²) >= 11 is 1.02. The number of carbonyl (C=O) groups is 3. The summed E-state index contributed by atoms with van der Waals surface area (Å²) in [5.74, 6) is 2.11. The molecule has 2 unspecified atom stereocenters. The van der Waals surface area contributed by atoms with Crippen molar-refractivity contribution in [3.63, 3.8) is 0 Å². The van der Waals surface area contributed by atoms with E-state index in [2.05, 4.69) is 25.6 Å². The number of aromatic amines is 1. The molecule has 10 nitrogen and oxygen atoms in total. The Morgan fingerprint density at radius 1 is 0.952 bits per heavy atom. The number of pyridine rings is 1. The van der Waals surface area contributed by atoms with E-state index in [-0.39, 0.29) is 23.2 Å². The van der Waals surface area contributed by atoms with Gasteiger partial charge in [-0.25, -0.2) is 4.98 Å². The van der Waals surface area contributed by atoms with E-state index in [4.69, 9.17) is 9.47 Å². The van der Waals surface area contributed by atoms with Crippen molar-refractivity contribution in [1.29, 1.82) is 0 Å². The lowest BCUT2D eigenvalue weighted by Gasteiger charge is -2.13. The molecule has 1 saturated heterocycles. The quantitative estimate of drug-likeness (QED) is 0.192. The summed E-state index contributed by atoms with van der Waals surface area (Å²) in [6, 6.07) is 23.5. The van der Waals surface area contributed by atoms with Gasteiger partial charge in [0.05, 0.1) is 16.3 Å². The van der Waals surface area contributed by atoms with Crippen molar-refractivity contribution in [3.8, 4) is 17.2 Å². The van der Waals surface area contributed by atoms with Gasteiger partial charge in [-0.3, -0.25) is 24.7 Å². The maximum atomic E-state index is 12.3. The van der Waals surface area contributed by atoms with E-state index in [1.54, 1.807) is 48.8 Å². The number of nitrogens with zero attached hydrogens (tertiary/aromatic N) is 2. The molecule has 0 spiro atoms. The van der Waals surface area contributed by atoms with Crippen molar-refractivity contribution in [1.82, 2.24) is 20.3 Å². The number of imidazole rings is 1. The van der Waals surface area contributed by atoms with Crippen molar-refractivity contribution in [2.45, 2.75) is 24.7 Å². The van der Waals surface area contributed by atoms with Gasteiger partial charge in [-0.2, -0.15) is 0 Å². The minimum atomic E-state index is -0.405. The molecule has 210 valence electrons. The molecule has 1 aliphatic rings. The van der Waals surface area contributed by atoms with Gasteiger partial charge in [0.25, 0.3) is 11.1 Å². The van der Waals surface area contributed by atoms with Gasteiger partial charge in [0, 0.05) is 29.7 Å². The highest BCUT2D eigenvalue weighted by molar-refractivity contribution is 8.15. The van der Waals surface area contributed by atoms with Crippen LogP contribution >= 0.6 is 11.8 Å². The van der Waals surface area contributed by atoms with Crippen molar-refractivity contribution >= 4 is 45.5 Å². The number of ether oxygens (including phenoxy) is 2. The molecule has 11 heteroatoms. The number of rotatable bonds is 9. The Labute approximate surface area is 244 Å². The fraction of sp³-hybridized carbons (Fsp3) is 0.129. The number of H-pyrrole nitrogens is 1. The Morgan fingerprint density at radius 3 is 2.38 bits per heavy atom. The third-order valence-electron chi connectivity index (χ3n) is 6.57. The first kappa shape index (κ1) is 27.0. The van der Waals surface area contributed by atoms with Gasteiger partial charge in [-0.05, 0) is 79.6 Å². The Kier molecular flexibility index (Phi) is 7.56. The predicted molar refractivity (Wildman–Crippen MR) is 159 cm³/mol. The van der Waals surface area contributed by atoms with E-state index in [0.29, 0.717) is 40.7 Å². The fourth-order valence-electron chi connectivity index (χ4n) is 4.42. The molecule has 6 rings (SSSR count). The first-order chi connectivity index (χ1) is 20.4. The molecule has 42 heavy (non-hydrogen) atoms. The van der Waals surface area contributed by atoms with E-state index in [0.717, 1.165) is 28.4 Å². The normalized spacial score (nSPS) is 15.3. The monoisotopic (exact) mass is 579 g/mol. The van der Waals surface area contributed by atoms with Crippen LogP contribution in [0.2, 0.25) is 0 Å². The molecule has 0 bridgehead atoms. The topological polar surface area (TPSA) is 135 Å². The molecular weight excluding hydrogens is 554 g/mol. The number of hydrogen-bond donors (Lipinski definition) is 3. The average molecular weight is 580 g/mol. The van der Waals surface area contributed by atoms with Crippen LogP contribution in [0.5, 0.6) is 17.2 Å². The molecule has 3 N–H and O–H groups in total. The van der Waals surface area contributed by atoms with Crippen molar-refractivity contribution in [2.75, 3.05) is 5.32 Å². The highest BCUT2D eigenvalue weighted by atomic mass is 32.2. The van der Waals surface area contributed by atoms with Gasteiger partial charge in [-0.1, -0.05) is 23.9 Å². The summed E-state index contributed by atoms with van der Waals surface area (Å²) in [5, 5.41) is 4.45. The number of thioether (sulfide) groups is 1. The number of amides is 3. The Morgan fingerprint density at radius 2 is 1.67 bits per heavy atom. The van der Waals surface area contributed by atoms with Gasteiger partial charge in [0.1, 0.15) is 23.1 Å². The molecule has 3 amide bonds. The average Bonchev–Trinajstić information content (AvgIpc) is 3.57. The predicted octanol–water partition coefficient (Wildman–Crippen LogP) is 6.04. The molecule has 3 heterocycles. The number of nitrogens with one attached hydrogen (secondary N) is 3. The zero-order valence-electron chi connectivity index (χ0n) is 22.4. The van der Waals surface area contributed by atoms with E-state index in [1.165, 1.54) is 0 Å². The van der Waals surface area contributed by atoms with Gasteiger partial charge in [0.15, 0.2) is 6.10 Å². The lowest BCUT2D eigenvalue weighted by Crippen LogP contribution is -2.25. The summed E-state index contributed by atoms with van der Waals surface area (Å²) in [4.78, 5) is 47.5. The number of aromatic nitrogens is 3. The zero-order chi connectivity index (χ0) is 29.1.